The molecule has 154 valence electrons. The highest BCUT2D eigenvalue weighted by Gasteiger charge is 2.58. The highest BCUT2D eigenvalue weighted by molar-refractivity contribution is 7.10. The van der Waals surface area contributed by atoms with Gasteiger partial charge in [-0.3, -0.25) is 9.59 Å². The smallest absolute Gasteiger partial charge is 0.227 e. The molecule has 1 aromatic heterocycles. The molecular weight excluding hydrogens is 384 g/mol. The molecule has 2 aromatic rings. The number of amides is 2. The topological polar surface area (TPSA) is 58.6 Å². The molecule has 5 nitrogen and oxygen atoms in total. The zero-order valence-corrected chi connectivity index (χ0v) is 17.7. The summed E-state index contributed by atoms with van der Waals surface area (Å²) in [6, 6.07) is 12.0. The number of likely N-dealkylation sites (tertiary alicyclic amines) is 1. The first kappa shape index (κ1) is 20.0. The number of ether oxygens (including phenoxy) is 1. The molecule has 2 aliphatic rings. The fourth-order valence-electron chi connectivity index (χ4n) is 4.43. The Labute approximate surface area is 176 Å². The summed E-state index contributed by atoms with van der Waals surface area (Å²) in [4.78, 5) is 28.2. The Hall–Kier alpha value is -2.34. The van der Waals surface area contributed by atoms with Gasteiger partial charge >= 0.3 is 0 Å². The Balaban J connectivity index is 1.20. The number of rotatable bonds is 7. The third-order valence-electron chi connectivity index (χ3n) is 6.37. The second kappa shape index (κ2) is 8.57. The van der Waals surface area contributed by atoms with Crippen LogP contribution in [0.3, 0.4) is 0 Å². The molecule has 2 fully saturated rings. The molecule has 1 spiro atoms. The van der Waals surface area contributed by atoms with Crippen LogP contribution in [0.25, 0.3) is 0 Å². The zero-order chi connectivity index (χ0) is 20.3. The van der Waals surface area contributed by atoms with Crippen molar-refractivity contribution in [3.63, 3.8) is 0 Å². The van der Waals surface area contributed by atoms with Crippen molar-refractivity contribution in [2.45, 2.75) is 32.1 Å². The van der Waals surface area contributed by atoms with E-state index < -0.39 is 0 Å². The molecule has 1 atom stereocenters. The van der Waals surface area contributed by atoms with Gasteiger partial charge in [-0.1, -0.05) is 18.2 Å². The van der Waals surface area contributed by atoms with Crippen LogP contribution in [-0.2, 0) is 22.4 Å². The first-order valence-electron chi connectivity index (χ1n) is 10.3. The number of hydrogen-bond acceptors (Lipinski definition) is 4. The fourth-order valence-corrected chi connectivity index (χ4v) is 5.12. The minimum atomic E-state index is 0.113. The number of carbonyl (C=O) groups is 2. The lowest BCUT2D eigenvalue weighted by molar-refractivity contribution is -0.132. The van der Waals surface area contributed by atoms with Gasteiger partial charge < -0.3 is 15.0 Å². The van der Waals surface area contributed by atoms with E-state index in [0.717, 1.165) is 55.0 Å². The molecule has 1 aromatic carbocycles. The highest BCUT2D eigenvalue weighted by atomic mass is 32.1. The summed E-state index contributed by atoms with van der Waals surface area (Å²) in [5.74, 6) is 1.34. The molecule has 1 unspecified atom stereocenters. The summed E-state index contributed by atoms with van der Waals surface area (Å²) in [6.07, 6.45) is 4.14. The largest absolute Gasteiger partial charge is 0.497 e. The predicted molar refractivity (Wildman–Crippen MR) is 114 cm³/mol. The zero-order valence-electron chi connectivity index (χ0n) is 16.9. The molecule has 6 heteroatoms. The van der Waals surface area contributed by atoms with Crippen LogP contribution in [0, 0.1) is 11.3 Å². The molecule has 1 N–H and O–H groups in total. The minimum Gasteiger partial charge on any atom is -0.497 e. The molecule has 1 aliphatic heterocycles. The standard InChI is InChI=1S/C23H28N2O3S/c1-28-18-5-2-4-17(14-18)7-10-24-22(27)20-16-23(20)8-11-25(12-9-23)21(26)15-19-6-3-13-29-19/h2-6,13-14,20H,7-12,15-16H2,1H3,(H,24,27). The summed E-state index contributed by atoms with van der Waals surface area (Å²) >= 11 is 1.63. The second-order valence-electron chi connectivity index (χ2n) is 8.15. The fraction of sp³-hybridized carbons (Fsp3) is 0.478. The second-order valence-corrected chi connectivity index (χ2v) is 9.18. The van der Waals surface area contributed by atoms with Crippen molar-refractivity contribution in [2.24, 2.45) is 11.3 Å². The van der Waals surface area contributed by atoms with Gasteiger partial charge in [0.05, 0.1) is 13.5 Å². The Morgan fingerprint density at radius 1 is 1.24 bits per heavy atom. The Kier molecular flexibility index (Phi) is 5.90. The van der Waals surface area contributed by atoms with Crippen LogP contribution in [0.15, 0.2) is 41.8 Å². The van der Waals surface area contributed by atoms with E-state index in [4.69, 9.17) is 4.74 Å². The maximum absolute atomic E-state index is 12.6. The Bertz CT molecular complexity index is 857. The van der Waals surface area contributed by atoms with E-state index in [1.54, 1.807) is 18.4 Å². The van der Waals surface area contributed by atoms with Crippen molar-refractivity contribution >= 4 is 23.2 Å². The van der Waals surface area contributed by atoms with Gasteiger partial charge in [-0.2, -0.15) is 0 Å². The molecule has 2 heterocycles. The molecule has 29 heavy (non-hydrogen) atoms. The lowest BCUT2D eigenvalue weighted by Crippen LogP contribution is -2.41. The van der Waals surface area contributed by atoms with Crippen LogP contribution in [0.4, 0.5) is 0 Å². The Morgan fingerprint density at radius 3 is 2.79 bits per heavy atom. The van der Waals surface area contributed by atoms with E-state index >= 15 is 0 Å². The third kappa shape index (κ3) is 4.64. The number of nitrogens with one attached hydrogen (secondary N) is 1. The summed E-state index contributed by atoms with van der Waals surface area (Å²) in [5, 5.41) is 5.12. The molecule has 1 saturated carbocycles. The van der Waals surface area contributed by atoms with Crippen LogP contribution in [-0.4, -0.2) is 43.5 Å². The predicted octanol–water partition coefficient (Wildman–Crippen LogP) is 3.29. The number of methoxy groups -OCH3 is 1. The van der Waals surface area contributed by atoms with E-state index in [0.29, 0.717) is 13.0 Å². The first-order chi connectivity index (χ1) is 14.1. The average molecular weight is 413 g/mol. The number of carbonyl (C=O) groups excluding carboxylic acids is 2. The summed E-state index contributed by atoms with van der Waals surface area (Å²) in [7, 11) is 1.66. The van der Waals surface area contributed by atoms with Crippen molar-refractivity contribution in [3.8, 4) is 5.75 Å². The SMILES string of the molecule is COc1cccc(CCNC(=O)C2CC23CCN(C(=O)Cc2cccs2)CC3)c1. The van der Waals surface area contributed by atoms with Crippen LogP contribution in [0.2, 0.25) is 0 Å². The third-order valence-corrected chi connectivity index (χ3v) is 7.25. The monoisotopic (exact) mass is 412 g/mol. The number of benzene rings is 1. The van der Waals surface area contributed by atoms with Crippen LogP contribution >= 0.6 is 11.3 Å². The van der Waals surface area contributed by atoms with Crippen LogP contribution in [0.1, 0.15) is 29.7 Å². The quantitative estimate of drug-likeness (QED) is 0.759. The molecule has 0 radical (unpaired) electrons. The number of nitrogens with zero attached hydrogens (tertiary/aromatic N) is 1. The van der Waals surface area contributed by atoms with E-state index in [1.807, 2.05) is 40.6 Å². The van der Waals surface area contributed by atoms with Crippen molar-refractivity contribution in [2.75, 3.05) is 26.7 Å². The van der Waals surface area contributed by atoms with E-state index in [-0.39, 0.29) is 23.1 Å². The molecule has 1 aliphatic carbocycles. The highest BCUT2D eigenvalue weighted by Crippen LogP contribution is 2.59. The number of piperidine rings is 1. The van der Waals surface area contributed by atoms with Gasteiger partial charge in [0.2, 0.25) is 11.8 Å². The maximum atomic E-state index is 12.6. The van der Waals surface area contributed by atoms with Crippen molar-refractivity contribution in [1.82, 2.24) is 10.2 Å². The Morgan fingerprint density at radius 2 is 2.07 bits per heavy atom. The van der Waals surface area contributed by atoms with Gasteiger partial charge in [0.15, 0.2) is 0 Å². The minimum absolute atomic E-state index is 0.113. The lowest BCUT2D eigenvalue weighted by Gasteiger charge is -2.33. The van der Waals surface area contributed by atoms with Crippen molar-refractivity contribution in [3.05, 3.63) is 52.2 Å². The average Bonchev–Trinajstić information content (AvgIpc) is 3.18. The summed E-state index contributed by atoms with van der Waals surface area (Å²) in [5.41, 5.74) is 1.28. The molecular formula is C23H28N2O3S. The normalized spacial score (nSPS) is 19.8. The summed E-state index contributed by atoms with van der Waals surface area (Å²) in [6.45, 7) is 2.19. The molecule has 0 bridgehead atoms. The van der Waals surface area contributed by atoms with Gasteiger partial charge in [-0.25, -0.2) is 0 Å². The number of hydrogen-bond donors (Lipinski definition) is 1. The van der Waals surface area contributed by atoms with Crippen molar-refractivity contribution < 1.29 is 14.3 Å². The lowest BCUT2D eigenvalue weighted by atomic mass is 9.90. The van der Waals surface area contributed by atoms with Gasteiger partial charge in [-0.05, 0) is 60.2 Å². The van der Waals surface area contributed by atoms with Gasteiger partial charge in [0.25, 0.3) is 0 Å². The van der Waals surface area contributed by atoms with Gasteiger partial charge in [0, 0.05) is 30.4 Å². The van der Waals surface area contributed by atoms with E-state index in [9.17, 15) is 9.59 Å². The molecule has 4 rings (SSSR count). The van der Waals surface area contributed by atoms with Gasteiger partial charge in [0.1, 0.15) is 5.75 Å². The first-order valence-corrected chi connectivity index (χ1v) is 11.2. The van der Waals surface area contributed by atoms with E-state index in [1.165, 1.54) is 0 Å². The molecule has 2 amide bonds. The van der Waals surface area contributed by atoms with Gasteiger partial charge in [-0.15, -0.1) is 11.3 Å². The molecule has 1 saturated heterocycles. The van der Waals surface area contributed by atoms with E-state index in [2.05, 4.69) is 11.4 Å². The van der Waals surface area contributed by atoms with Crippen molar-refractivity contribution in [1.29, 1.82) is 0 Å². The maximum Gasteiger partial charge on any atom is 0.227 e. The van der Waals surface area contributed by atoms with Crippen LogP contribution < -0.4 is 10.1 Å². The van der Waals surface area contributed by atoms with Crippen LogP contribution in [0.5, 0.6) is 5.75 Å². The number of thiophene rings is 1. The summed E-state index contributed by atoms with van der Waals surface area (Å²) < 4.78 is 5.25.